The monoisotopic (exact) mass is 220 g/mol. The van der Waals surface area contributed by atoms with Crippen LogP contribution >= 0.6 is 0 Å². The van der Waals surface area contributed by atoms with Gasteiger partial charge < -0.3 is 14.5 Å². The lowest BCUT2D eigenvalue weighted by Gasteiger charge is -2.05. The van der Waals surface area contributed by atoms with Gasteiger partial charge in [-0.25, -0.2) is 4.98 Å². The summed E-state index contributed by atoms with van der Waals surface area (Å²) in [4.78, 5) is 15.6. The number of nitrogens with one attached hydrogen (secondary N) is 1. The predicted molar refractivity (Wildman–Crippen MR) is 57.8 cm³/mol. The highest BCUT2D eigenvalue weighted by atomic mass is 16.1. The number of anilines is 1. The first-order chi connectivity index (χ1) is 7.68. The molecule has 0 fully saturated rings. The number of rotatable bonds is 3. The maximum Gasteiger partial charge on any atom is 0.293 e. The van der Waals surface area contributed by atoms with Crippen LogP contribution in [0.2, 0.25) is 0 Å². The maximum absolute atomic E-state index is 11.6. The molecule has 0 saturated heterocycles. The third kappa shape index (κ3) is 1.92. The fourth-order valence-corrected chi connectivity index (χ4v) is 1.25. The molecule has 16 heavy (non-hydrogen) atoms. The van der Waals surface area contributed by atoms with E-state index in [-0.39, 0.29) is 5.56 Å². The molecule has 0 atom stereocenters. The second-order valence-corrected chi connectivity index (χ2v) is 3.40. The standard InChI is InChI=1S/C9H12N6O/c1-14-4-3-10-8(9(14)16)11-5-7-13-12-6-15(7)2/h3-4,6H,5H2,1-2H3,(H,10,11). The van der Waals surface area contributed by atoms with Crippen LogP contribution in [0.4, 0.5) is 5.82 Å². The summed E-state index contributed by atoms with van der Waals surface area (Å²) in [5.74, 6) is 1.06. The van der Waals surface area contributed by atoms with E-state index in [0.29, 0.717) is 12.4 Å². The molecule has 7 heteroatoms. The van der Waals surface area contributed by atoms with Crippen molar-refractivity contribution in [3.63, 3.8) is 0 Å². The zero-order chi connectivity index (χ0) is 11.5. The summed E-state index contributed by atoms with van der Waals surface area (Å²) in [6, 6.07) is 0. The lowest BCUT2D eigenvalue weighted by Crippen LogP contribution is -2.22. The first kappa shape index (κ1) is 10.3. The third-order valence-electron chi connectivity index (χ3n) is 2.24. The minimum Gasteiger partial charge on any atom is -0.358 e. The number of nitrogens with zero attached hydrogens (tertiary/aromatic N) is 5. The van der Waals surface area contributed by atoms with E-state index < -0.39 is 0 Å². The average molecular weight is 220 g/mol. The van der Waals surface area contributed by atoms with Crippen LogP contribution in [0.15, 0.2) is 23.5 Å². The number of hydrogen-bond donors (Lipinski definition) is 1. The van der Waals surface area contributed by atoms with Gasteiger partial charge in [0.15, 0.2) is 11.6 Å². The van der Waals surface area contributed by atoms with Gasteiger partial charge >= 0.3 is 0 Å². The molecule has 2 heterocycles. The highest BCUT2D eigenvalue weighted by Crippen LogP contribution is 1.97. The van der Waals surface area contributed by atoms with E-state index in [2.05, 4.69) is 20.5 Å². The Morgan fingerprint density at radius 1 is 1.38 bits per heavy atom. The van der Waals surface area contributed by atoms with Crippen LogP contribution in [0.1, 0.15) is 5.82 Å². The summed E-state index contributed by atoms with van der Waals surface area (Å²) in [5, 5.41) is 10.6. The van der Waals surface area contributed by atoms with Crippen molar-refractivity contribution in [2.75, 3.05) is 5.32 Å². The molecule has 2 rings (SSSR count). The molecule has 0 aliphatic rings. The second-order valence-electron chi connectivity index (χ2n) is 3.40. The van der Waals surface area contributed by atoms with Crippen molar-refractivity contribution in [2.45, 2.75) is 6.54 Å². The van der Waals surface area contributed by atoms with E-state index in [9.17, 15) is 4.79 Å². The van der Waals surface area contributed by atoms with E-state index in [4.69, 9.17) is 0 Å². The lowest BCUT2D eigenvalue weighted by molar-refractivity contribution is 0.798. The highest BCUT2D eigenvalue weighted by molar-refractivity contribution is 5.30. The Balaban J connectivity index is 2.14. The van der Waals surface area contributed by atoms with Crippen LogP contribution in [0.5, 0.6) is 0 Å². The van der Waals surface area contributed by atoms with Crippen LogP contribution in [0, 0.1) is 0 Å². The molecule has 84 valence electrons. The normalized spacial score (nSPS) is 10.4. The molecular weight excluding hydrogens is 208 g/mol. The molecular formula is C9H12N6O. The predicted octanol–water partition coefficient (Wildman–Crippen LogP) is -0.479. The van der Waals surface area contributed by atoms with Gasteiger partial charge in [0.25, 0.3) is 5.56 Å². The molecule has 0 radical (unpaired) electrons. The van der Waals surface area contributed by atoms with Crippen LogP contribution in [-0.4, -0.2) is 24.3 Å². The van der Waals surface area contributed by atoms with Crippen LogP contribution in [0.3, 0.4) is 0 Å². The minimum absolute atomic E-state index is 0.162. The first-order valence-electron chi connectivity index (χ1n) is 4.77. The van der Waals surface area contributed by atoms with Crippen molar-refractivity contribution in [3.8, 4) is 0 Å². The Labute approximate surface area is 91.8 Å². The van der Waals surface area contributed by atoms with Crippen molar-refractivity contribution in [1.82, 2.24) is 24.3 Å². The molecule has 0 amide bonds. The van der Waals surface area contributed by atoms with Gasteiger partial charge in [-0.1, -0.05) is 0 Å². The van der Waals surface area contributed by atoms with Gasteiger partial charge in [-0.15, -0.1) is 10.2 Å². The van der Waals surface area contributed by atoms with E-state index in [1.807, 2.05) is 7.05 Å². The molecule has 0 saturated carbocycles. The molecule has 2 aromatic rings. The summed E-state index contributed by atoms with van der Waals surface area (Å²) >= 11 is 0. The molecule has 2 aromatic heterocycles. The summed E-state index contributed by atoms with van der Waals surface area (Å²) in [5.41, 5.74) is -0.162. The van der Waals surface area contributed by atoms with E-state index in [0.717, 1.165) is 5.82 Å². The summed E-state index contributed by atoms with van der Waals surface area (Å²) in [7, 11) is 3.52. The topological polar surface area (TPSA) is 77.6 Å². The van der Waals surface area contributed by atoms with Crippen molar-refractivity contribution in [1.29, 1.82) is 0 Å². The Bertz CT molecular complexity index is 543. The molecule has 0 unspecified atom stereocenters. The molecule has 0 aliphatic heterocycles. The van der Waals surface area contributed by atoms with Gasteiger partial charge in [0.2, 0.25) is 0 Å². The zero-order valence-corrected chi connectivity index (χ0v) is 9.08. The maximum atomic E-state index is 11.6. The quantitative estimate of drug-likeness (QED) is 0.756. The second kappa shape index (κ2) is 4.13. The summed E-state index contributed by atoms with van der Waals surface area (Å²) < 4.78 is 3.24. The van der Waals surface area contributed by atoms with Crippen molar-refractivity contribution in [3.05, 3.63) is 34.9 Å². The Kier molecular flexibility index (Phi) is 2.67. The smallest absolute Gasteiger partial charge is 0.293 e. The fraction of sp³-hybridized carbons (Fsp3) is 0.333. The largest absolute Gasteiger partial charge is 0.358 e. The summed E-state index contributed by atoms with van der Waals surface area (Å²) in [6.45, 7) is 0.419. The first-order valence-corrected chi connectivity index (χ1v) is 4.77. The van der Waals surface area contributed by atoms with Gasteiger partial charge in [-0.3, -0.25) is 4.79 Å². The van der Waals surface area contributed by atoms with Crippen molar-refractivity contribution in [2.24, 2.45) is 14.1 Å². The molecule has 0 spiro atoms. The number of aryl methyl sites for hydroxylation is 2. The Morgan fingerprint density at radius 3 is 2.88 bits per heavy atom. The SMILES string of the molecule is Cn1cnnc1CNc1nccn(C)c1=O. The van der Waals surface area contributed by atoms with E-state index in [1.165, 1.54) is 4.57 Å². The van der Waals surface area contributed by atoms with Crippen LogP contribution < -0.4 is 10.9 Å². The number of aromatic nitrogens is 5. The Morgan fingerprint density at radius 2 is 2.19 bits per heavy atom. The fourth-order valence-electron chi connectivity index (χ4n) is 1.25. The highest BCUT2D eigenvalue weighted by Gasteiger charge is 2.04. The van der Waals surface area contributed by atoms with Gasteiger partial charge in [0.1, 0.15) is 6.33 Å². The minimum atomic E-state index is -0.162. The Hall–Kier alpha value is -2.18. The third-order valence-corrected chi connectivity index (χ3v) is 2.24. The van der Waals surface area contributed by atoms with E-state index in [1.54, 1.807) is 30.3 Å². The number of hydrogen-bond acceptors (Lipinski definition) is 5. The van der Waals surface area contributed by atoms with Crippen LogP contribution in [0.25, 0.3) is 0 Å². The van der Waals surface area contributed by atoms with Gasteiger partial charge in [0, 0.05) is 26.5 Å². The van der Waals surface area contributed by atoms with Crippen LogP contribution in [-0.2, 0) is 20.6 Å². The van der Waals surface area contributed by atoms with E-state index >= 15 is 0 Å². The van der Waals surface area contributed by atoms with Crippen molar-refractivity contribution < 1.29 is 0 Å². The molecule has 0 aliphatic carbocycles. The molecule has 1 N–H and O–H groups in total. The van der Waals surface area contributed by atoms with Gasteiger partial charge in [-0.05, 0) is 0 Å². The molecule has 0 bridgehead atoms. The van der Waals surface area contributed by atoms with Gasteiger partial charge in [-0.2, -0.15) is 0 Å². The van der Waals surface area contributed by atoms with Gasteiger partial charge in [0.05, 0.1) is 6.54 Å². The average Bonchev–Trinajstić information content (AvgIpc) is 2.67. The summed E-state index contributed by atoms with van der Waals surface area (Å²) in [6.07, 6.45) is 4.78. The molecule has 0 aromatic carbocycles. The lowest BCUT2D eigenvalue weighted by atomic mass is 10.5. The van der Waals surface area contributed by atoms with Crippen molar-refractivity contribution >= 4 is 5.82 Å². The molecule has 7 nitrogen and oxygen atoms in total. The zero-order valence-electron chi connectivity index (χ0n) is 9.08.